The Morgan fingerprint density at radius 3 is 2.70 bits per heavy atom. The average Bonchev–Trinajstić information content (AvgIpc) is 2.86. The van der Waals surface area contributed by atoms with Gasteiger partial charge in [0.05, 0.1) is 6.10 Å². The molecule has 7 atom stereocenters. The summed E-state index contributed by atoms with van der Waals surface area (Å²) in [7, 11) is 0. The molecule has 23 heavy (non-hydrogen) atoms. The van der Waals surface area contributed by atoms with Gasteiger partial charge in [0.2, 0.25) is 0 Å². The molecule has 0 saturated heterocycles. The highest BCUT2D eigenvalue weighted by Gasteiger charge is 2.62. The lowest BCUT2D eigenvalue weighted by Gasteiger charge is -2.58. The van der Waals surface area contributed by atoms with Crippen LogP contribution in [0.1, 0.15) is 58.3 Å². The lowest BCUT2D eigenvalue weighted by atomic mass is 9.45. The Labute approximate surface area is 137 Å². The van der Waals surface area contributed by atoms with Crippen molar-refractivity contribution in [2.75, 3.05) is 6.61 Å². The molecule has 0 unspecified atom stereocenters. The van der Waals surface area contributed by atoms with Gasteiger partial charge in [-0.1, -0.05) is 6.92 Å². The van der Waals surface area contributed by atoms with Crippen molar-refractivity contribution < 1.29 is 19.8 Å². The van der Waals surface area contributed by atoms with E-state index in [1.54, 1.807) is 0 Å². The van der Waals surface area contributed by atoms with E-state index in [0.717, 1.165) is 19.3 Å². The second-order valence-corrected chi connectivity index (χ2v) is 9.01. The molecule has 0 aliphatic heterocycles. The summed E-state index contributed by atoms with van der Waals surface area (Å²) in [6, 6.07) is 0. The van der Waals surface area contributed by atoms with Crippen molar-refractivity contribution in [3.05, 3.63) is 0 Å². The van der Waals surface area contributed by atoms with Crippen LogP contribution < -0.4 is 0 Å². The van der Waals surface area contributed by atoms with Crippen LogP contribution in [0.4, 0.5) is 0 Å². The molecule has 0 aromatic carbocycles. The first kappa shape index (κ1) is 15.8. The maximum Gasteiger partial charge on any atom is 0.136 e. The Kier molecular flexibility index (Phi) is 3.51. The Hall–Kier alpha value is -0.740. The lowest BCUT2D eigenvalue weighted by molar-refractivity contribution is -0.159. The highest BCUT2D eigenvalue weighted by molar-refractivity contribution is 5.86. The van der Waals surface area contributed by atoms with E-state index in [9.17, 15) is 19.8 Å². The predicted octanol–water partition coefficient (Wildman–Crippen LogP) is 2.11. The highest BCUT2D eigenvalue weighted by atomic mass is 16.3. The van der Waals surface area contributed by atoms with Gasteiger partial charge in [-0.3, -0.25) is 9.59 Å². The van der Waals surface area contributed by atoms with Gasteiger partial charge >= 0.3 is 0 Å². The minimum Gasteiger partial charge on any atom is -0.396 e. The summed E-state index contributed by atoms with van der Waals surface area (Å²) in [4.78, 5) is 24.8. The summed E-state index contributed by atoms with van der Waals surface area (Å²) >= 11 is 0. The summed E-state index contributed by atoms with van der Waals surface area (Å²) in [5.74, 6) is 1.27. The monoisotopic (exact) mass is 320 g/mol. The van der Waals surface area contributed by atoms with Gasteiger partial charge in [0.25, 0.3) is 0 Å². The molecule has 4 nitrogen and oxygen atoms in total. The van der Waals surface area contributed by atoms with E-state index in [2.05, 4.69) is 6.92 Å². The van der Waals surface area contributed by atoms with Crippen LogP contribution in [0.25, 0.3) is 0 Å². The zero-order valence-electron chi connectivity index (χ0n) is 14.0. The maximum atomic E-state index is 13.0. The summed E-state index contributed by atoms with van der Waals surface area (Å²) in [6.45, 7) is 2.38. The minimum absolute atomic E-state index is 0.0116. The van der Waals surface area contributed by atoms with Crippen LogP contribution in [0.5, 0.6) is 0 Å². The minimum atomic E-state index is -0.378. The SMILES string of the molecule is C[C@]12CCC(=O)C[C@@H]1CC(=O)[C@H]1[C@H]2CC[C@]2(CO)C[C@@H](O)C[C@@H]12. The van der Waals surface area contributed by atoms with Gasteiger partial charge in [-0.25, -0.2) is 0 Å². The molecule has 4 saturated carbocycles. The molecule has 4 rings (SSSR count). The van der Waals surface area contributed by atoms with Crippen LogP contribution in [0.3, 0.4) is 0 Å². The first-order valence-electron chi connectivity index (χ1n) is 9.23. The number of hydrogen-bond acceptors (Lipinski definition) is 4. The number of carbonyl (C=O) groups is 2. The predicted molar refractivity (Wildman–Crippen MR) is 84.5 cm³/mol. The second-order valence-electron chi connectivity index (χ2n) is 9.01. The van der Waals surface area contributed by atoms with Crippen molar-refractivity contribution in [1.82, 2.24) is 0 Å². The van der Waals surface area contributed by atoms with Crippen molar-refractivity contribution in [3.63, 3.8) is 0 Å². The molecule has 4 heteroatoms. The number of ketones is 2. The number of rotatable bonds is 1. The lowest BCUT2D eigenvalue weighted by Crippen LogP contribution is -2.57. The van der Waals surface area contributed by atoms with E-state index in [0.29, 0.717) is 49.6 Å². The molecular weight excluding hydrogens is 292 g/mol. The quantitative estimate of drug-likeness (QED) is 0.776. The molecule has 0 heterocycles. The van der Waals surface area contributed by atoms with Gasteiger partial charge in [-0.15, -0.1) is 0 Å². The third-order valence-electron chi connectivity index (χ3n) is 8.11. The van der Waals surface area contributed by atoms with Gasteiger partial charge < -0.3 is 10.2 Å². The molecular formula is C19H28O4. The molecule has 0 amide bonds. The van der Waals surface area contributed by atoms with Gasteiger partial charge in [0.1, 0.15) is 11.6 Å². The van der Waals surface area contributed by atoms with Gasteiger partial charge in [0, 0.05) is 31.8 Å². The molecule has 2 N–H and O–H groups in total. The number of hydrogen-bond donors (Lipinski definition) is 2. The molecule has 0 radical (unpaired) electrons. The molecule has 128 valence electrons. The molecule has 4 aliphatic rings. The zero-order chi connectivity index (χ0) is 16.4. The normalized spacial score (nSPS) is 52.7. The van der Waals surface area contributed by atoms with Crippen molar-refractivity contribution in [3.8, 4) is 0 Å². The first-order chi connectivity index (χ1) is 10.9. The standard InChI is InChI=1S/C19H28O4/c1-18-4-2-12(21)6-11(18)7-16(23)17-14(18)3-5-19(10-20)9-13(22)8-15(17)19/h11,13-15,17,20,22H,2-10H2,1H3/t11-,13+,14-,15+,17+,18+,19-/m1/s1. The van der Waals surface area contributed by atoms with E-state index in [1.807, 2.05) is 0 Å². The highest BCUT2D eigenvalue weighted by Crippen LogP contribution is 2.65. The smallest absolute Gasteiger partial charge is 0.136 e. The third-order valence-corrected chi connectivity index (χ3v) is 8.11. The van der Waals surface area contributed by atoms with Crippen LogP contribution in [-0.4, -0.2) is 34.5 Å². The molecule has 4 aliphatic carbocycles. The Balaban J connectivity index is 1.70. The van der Waals surface area contributed by atoms with Crippen molar-refractivity contribution in [2.24, 2.45) is 34.5 Å². The van der Waals surface area contributed by atoms with Crippen molar-refractivity contribution in [2.45, 2.75) is 64.4 Å². The van der Waals surface area contributed by atoms with Crippen LogP contribution >= 0.6 is 0 Å². The average molecular weight is 320 g/mol. The summed E-state index contributed by atoms with van der Waals surface area (Å²) in [6.07, 6.45) is 5.46. The van der Waals surface area contributed by atoms with Crippen molar-refractivity contribution in [1.29, 1.82) is 0 Å². The molecule has 0 aromatic heterocycles. The fraction of sp³-hybridized carbons (Fsp3) is 0.895. The fourth-order valence-corrected chi connectivity index (χ4v) is 6.81. The van der Waals surface area contributed by atoms with E-state index in [1.165, 1.54) is 0 Å². The van der Waals surface area contributed by atoms with E-state index < -0.39 is 0 Å². The van der Waals surface area contributed by atoms with Crippen LogP contribution in [0.2, 0.25) is 0 Å². The number of aliphatic hydroxyl groups excluding tert-OH is 2. The third kappa shape index (κ3) is 2.10. The van der Waals surface area contributed by atoms with E-state index >= 15 is 0 Å². The first-order valence-corrected chi connectivity index (χ1v) is 9.23. The Bertz CT molecular complexity index is 543. The largest absolute Gasteiger partial charge is 0.396 e. The summed E-state index contributed by atoms with van der Waals surface area (Å²) in [5, 5.41) is 20.2. The van der Waals surface area contributed by atoms with Crippen LogP contribution in [-0.2, 0) is 9.59 Å². The Morgan fingerprint density at radius 2 is 1.96 bits per heavy atom. The summed E-state index contributed by atoms with van der Waals surface area (Å²) in [5.41, 5.74) is -0.161. The van der Waals surface area contributed by atoms with Crippen LogP contribution in [0.15, 0.2) is 0 Å². The topological polar surface area (TPSA) is 74.6 Å². The fourth-order valence-electron chi connectivity index (χ4n) is 6.81. The number of Topliss-reactive ketones (excluding diaryl/α,β-unsaturated/α-hetero) is 2. The number of carbonyl (C=O) groups excluding carboxylic acids is 2. The van der Waals surface area contributed by atoms with Crippen molar-refractivity contribution >= 4 is 11.6 Å². The van der Waals surface area contributed by atoms with E-state index in [-0.39, 0.29) is 41.3 Å². The molecule has 4 fully saturated rings. The molecule has 0 aromatic rings. The molecule has 0 spiro atoms. The zero-order valence-corrected chi connectivity index (χ0v) is 14.0. The Morgan fingerprint density at radius 1 is 1.17 bits per heavy atom. The number of fused-ring (bicyclic) bond motifs is 5. The van der Waals surface area contributed by atoms with Gasteiger partial charge in [0.15, 0.2) is 0 Å². The van der Waals surface area contributed by atoms with Crippen LogP contribution in [0, 0.1) is 34.5 Å². The summed E-state index contributed by atoms with van der Waals surface area (Å²) < 4.78 is 0. The van der Waals surface area contributed by atoms with E-state index in [4.69, 9.17) is 0 Å². The van der Waals surface area contributed by atoms with Gasteiger partial charge in [-0.05, 0) is 60.7 Å². The molecule has 0 bridgehead atoms. The van der Waals surface area contributed by atoms with Gasteiger partial charge in [-0.2, -0.15) is 0 Å². The second kappa shape index (κ2) is 5.13. The number of aliphatic hydroxyl groups is 2. The maximum absolute atomic E-state index is 13.0.